The molecule has 19 heavy (non-hydrogen) atoms. The van der Waals surface area contributed by atoms with E-state index in [9.17, 15) is 9.59 Å². The molecule has 1 heterocycles. The zero-order valence-corrected chi connectivity index (χ0v) is 13.1. The van der Waals surface area contributed by atoms with Crippen LogP contribution < -0.4 is 10.6 Å². The maximum atomic E-state index is 12.2. The minimum atomic E-state index is -0.518. The zero-order chi connectivity index (χ0) is 14.6. The molecule has 4 nitrogen and oxygen atoms in total. The summed E-state index contributed by atoms with van der Waals surface area (Å²) in [5, 5.41) is 5.56. The minimum Gasteiger partial charge on any atom is -0.347 e. The van der Waals surface area contributed by atoms with Gasteiger partial charge in [-0.1, -0.05) is 25.4 Å². The number of hydrogen-bond acceptors (Lipinski definition) is 3. The maximum Gasteiger partial charge on any atom is 0.243 e. The second-order valence-electron chi connectivity index (χ2n) is 4.79. The summed E-state index contributed by atoms with van der Waals surface area (Å²) in [6.45, 7) is 7.09. The number of halogens is 1. The summed E-state index contributed by atoms with van der Waals surface area (Å²) in [6.07, 6.45) is 0. The van der Waals surface area contributed by atoms with Crippen LogP contribution in [0.25, 0.3) is 0 Å². The van der Waals surface area contributed by atoms with E-state index < -0.39 is 6.04 Å². The van der Waals surface area contributed by atoms with Gasteiger partial charge in [-0.2, -0.15) is 0 Å². The van der Waals surface area contributed by atoms with Crippen LogP contribution in [0.3, 0.4) is 0 Å². The molecule has 2 amide bonds. The maximum absolute atomic E-state index is 12.2. The highest BCUT2D eigenvalue weighted by atomic mass is 35.5. The van der Waals surface area contributed by atoms with E-state index in [-0.39, 0.29) is 23.8 Å². The van der Waals surface area contributed by atoms with Crippen molar-refractivity contribution in [3.05, 3.63) is 21.3 Å². The lowest BCUT2D eigenvalue weighted by atomic mass is 10.0. The van der Waals surface area contributed by atoms with Crippen LogP contribution in [0.4, 0.5) is 0 Å². The van der Waals surface area contributed by atoms with E-state index in [0.29, 0.717) is 4.34 Å². The van der Waals surface area contributed by atoms with Crippen molar-refractivity contribution in [1.82, 2.24) is 10.6 Å². The van der Waals surface area contributed by atoms with Crippen LogP contribution in [-0.2, 0) is 9.59 Å². The molecule has 2 unspecified atom stereocenters. The van der Waals surface area contributed by atoms with Gasteiger partial charge >= 0.3 is 0 Å². The molecule has 0 aromatic carbocycles. The van der Waals surface area contributed by atoms with Crippen LogP contribution in [0.15, 0.2) is 12.1 Å². The Morgan fingerprint density at radius 3 is 2.26 bits per heavy atom. The SMILES string of the molecule is CC(=O)NC(C(=O)NC(C)c1ccc(Cl)s1)C(C)C. The lowest BCUT2D eigenvalue weighted by Crippen LogP contribution is -2.49. The van der Waals surface area contributed by atoms with Gasteiger partial charge < -0.3 is 10.6 Å². The van der Waals surface area contributed by atoms with Crippen LogP contribution in [0.5, 0.6) is 0 Å². The first-order valence-electron chi connectivity index (χ1n) is 6.14. The zero-order valence-electron chi connectivity index (χ0n) is 11.5. The molecule has 1 aromatic heterocycles. The predicted molar refractivity (Wildman–Crippen MR) is 78.3 cm³/mol. The van der Waals surface area contributed by atoms with E-state index in [4.69, 9.17) is 11.6 Å². The van der Waals surface area contributed by atoms with Gasteiger partial charge in [-0.05, 0) is 25.0 Å². The summed E-state index contributed by atoms with van der Waals surface area (Å²) in [4.78, 5) is 24.3. The Morgan fingerprint density at radius 2 is 1.84 bits per heavy atom. The lowest BCUT2D eigenvalue weighted by molar-refractivity contribution is -0.129. The van der Waals surface area contributed by atoms with E-state index in [1.165, 1.54) is 18.3 Å². The Bertz CT molecular complexity index is 459. The van der Waals surface area contributed by atoms with Crippen LogP contribution in [0.2, 0.25) is 4.34 Å². The minimum absolute atomic E-state index is 0.0306. The summed E-state index contributed by atoms with van der Waals surface area (Å²) in [7, 11) is 0. The van der Waals surface area contributed by atoms with Crippen molar-refractivity contribution in [2.75, 3.05) is 0 Å². The molecule has 106 valence electrons. The lowest BCUT2D eigenvalue weighted by Gasteiger charge is -2.23. The fourth-order valence-corrected chi connectivity index (χ4v) is 2.75. The van der Waals surface area contributed by atoms with Crippen molar-refractivity contribution in [3.63, 3.8) is 0 Å². The highest BCUT2D eigenvalue weighted by molar-refractivity contribution is 7.16. The van der Waals surface area contributed by atoms with Gasteiger partial charge in [0.15, 0.2) is 0 Å². The average molecular weight is 303 g/mol. The van der Waals surface area contributed by atoms with Crippen LogP contribution in [0, 0.1) is 5.92 Å². The second-order valence-corrected chi connectivity index (χ2v) is 6.54. The molecule has 0 aliphatic carbocycles. The summed E-state index contributed by atoms with van der Waals surface area (Å²) < 4.78 is 0.693. The second kappa shape index (κ2) is 6.91. The Kier molecular flexibility index (Phi) is 5.82. The fourth-order valence-electron chi connectivity index (χ4n) is 1.69. The molecule has 0 bridgehead atoms. The Labute approximate surface area is 122 Å². The van der Waals surface area contributed by atoms with Crippen LogP contribution in [0.1, 0.15) is 38.6 Å². The van der Waals surface area contributed by atoms with E-state index in [0.717, 1.165) is 4.88 Å². The van der Waals surface area contributed by atoms with Gasteiger partial charge in [-0.25, -0.2) is 0 Å². The largest absolute Gasteiger partial charge is 0.347 e. The number of nitrogens with one attached hydrogen (secondary N) is 2. The van der Waals surface area contributed by atoms with Crippen LogP contribution in [-0.4, -0.2) is 17.9 Å². The van der Waals surface area contributed by atoms with Gasteiger partial charge in [0.05, 0.1) is 10.4 Å². The molecule has 2 N–H and O–H groups in total. The topological polar surface area (TPSA) is 58.2 Å². The molecular weight excluding hydrogens is 284 g/mol. The van der Waals surface area contributed by atoms with E-state index in [1.54, 1.807) is 6.07 Å². The highest BCUT2D eigenvalue weighted by Crippen LogP contribution is 2.26. The monoisotopic (exact) mass is 302 g/mol. The third-order valence-electron chi connectivity index (χ3n) is 2.69. The summed E-state index contributed by atoms with van der Waals surface area (Å²) in [6, 6.07) is 3.05. The van der Waals surface area contributed by atoms with Crippen molar-refractivity contribution in [1.29, 1.82) is 0 Å². The Morgan fingerprint density at radius 1 is 1.21 bits per heavy atom. The molecule has 6 heteroatoms. The average Bonchev–Trinajstić information content (AvgIpc) is 2.72. The van der Waals surface area contributed by atoms with Crippen molar-refractivity contribution in [2.24, 2.45) is 5.92 Å². The molecule has 1 rings (SSSR count). The molecular formula is C13H19ClN2O2S. The number of amides is 2. The van der Waals surface area contributed by atoms with Gasteiger partial charge in [0.1, 0.15) is 6.04 Å². The first-order chi connectivity index (χ1) is 8.81. The molecule has 0 spiro atoms. The standard InChI is InChI=1S/C13H19ClN2O2S/c1-7(2)12(16-9(4)17)13(18)15-8(3)10-5-6-11(14)19-10/h5-8,12H,1-4H3,(H,15,18)(H,16,17). The predicted octanol–water partition coefficient (Wildman–Crippen LogP) is 2.74. The van der Waals surface area contributed by atoms with Gasteiger partial charge in [-0.3, -0.25) is 9.59 Å². The number of carbonyl (C=O) groups is 2. The van der Waals surface area contributed by atoms with E-state index in [2.05, 4.69) is 10.6 Å². The van der Waals surface area contributed by atoms with Crippen molar-refractivity contribution < 1.29 is 9.59 Å². The smallest absolute Gasteiger partial charge is 0.243 e. The van der Waals surface area contributed by atoms with Gasteiger partial charge in [0.25, 0.3) is 0 Å². The number of rotatable bonds is 5. The molecule has 2 atom stereocenters. The van der Waals surface area contributed by atoms with Gasteiger partial charge in [0, 0.05) is 11.8 Å². The first-order valence-corrected chi connectivity index (χ1v) is 7.33. The molecule has 1 aromatic rings. The molecule has 0 fully saturated rings. The molecule has 0 aliphatic rings. The molecule has 0 saturated heterocycles. The Balaban J connectivity index is 2.68. The number of carbonyl (C=O) groups excluding carboxylic acids is 2. The van der Waals surface area contributed by atoms with E-state index >= 15 is 0 Å². The quantitative estimate of drug-likeness (QED) is 0.878. The summed E-state index contributed by atoms with van der Waals surface area (Å²) >= 11 is 7.31. The molecule has 0 saturated carbocycles. The van der Waals surface area contributed by atoms with Gasteiger partial charge in [0.2, 0.25) is 11.8 Å². The van der Waals surface area contributed by atoms with Crippen molar-refractivity contribution in [3.8, 4) is 0 Å². The molecule has 0 radical (unpaired) electrons. The normalized spacial score (nSPS) is 14.0. The first kappa shape index (κ1) is 16.0. The summed E-state index contributed by atoms with van der Waals surface area (Å²) in [5.41, 5.74) is 0. The Hall–Kier alpha value is -1.07. The highest BCUT2D eigenvalue weighted by Gasteiger charge is 2.24. The van der Waals surface area contributed by atoms with Crippen molar-refractivity contribution in [2.45, 2.75) is 39.8 Å². The third kappa shape index (κ3) is 4.84. The summed E-state index contributed by atoms with van der Waals surface area (Å²) in [5.74, 6) is -0.356. The van der Waals surface area contributed by atoms with E-state index in [1.807, 2.05) is 26.8 Å². The number of hydrogen-bond donors (Lipinski definition) is 2. The number of thiophene rings is 1. The van der Waals surface area contributed by atoms with Gasteiger partial charge in [-0.15, -0.1) is 11.3 Å². The molecule has 0 aliphatic heterocycles. The van der Waals surface area contributed by atoms with Crippen molar-refractivity contribution >= 4 is 34.8 Å². The third-order valence-corrected chi connectivity index (χ3v) is 4.10. The van der Waals surface area contributed by atoms with Crippen LogP contribution >= 0.6 is 22.9 Å². The fraction of sp³-hybridized carbons (Fsp3) is 0.538.